The van der Waals surface area contributed by atoms with Crippen LogP contribution in [-0.4, -0.2) is 32.0 Å². The standard InChI is InChI=1S/C13H17NO3/c1-17-10-9-14-13(16)8-7-12(15)11-5-3-2-4-6-11/h2-6H,7-10H2,1H3,(H,14,16). The lowest BCUT2D eigenvalue weighted by atomic mass is 10.1. The van der Waals surface area contributed by atoms with E-state index in [-0.39, 0.29) is 24.5 Å². The maximum absolute atomic E-state index is 11.7. The Morgan fingerprint density at radius 3 is 2.53 bits per heavy atom. The van der Waals surface area contributed by atoms with Crippen LogP contribution >= 0.6 is 0 Å². The van der Waals surface area contributed by atoms with Crippen LogP contribution in [0.5, 0.6) is 0 Å². The number of ketones is 1. The van der Waals surface area contributed by atoms with E-state index in [0.29, 0.717) is 18.7 Å². The van der Waals surface area contributed by atoms with Crippen molar-refractivity contribution in [2.24, 2.45) is 0 Å². The third-order valence-corrected chi connectivity index (χ3v) is 2.30. The Labute approximate surface area is 101 Å². The van der Waals surface area contributed by atoms with Crippen molar-refractivity contribution in [1.82, 2.24) is 5.32 Å². The van der Waals surface area contributed by atoms with Crippen LogP contribution in [0.1, 0.15) is 23.2 Å². The van der Waals surface area contributed by atoms with E-state index in [0.717, 1.165) is 0 Å². The third kappa shape index (κ3) is 5.26. The van der Waals surface area contributed by atoms with E-state index < -0.39 is 0 Å². The number of methoxy groups -OCH3 is 1. The summed E-state index contributed by atoms with van der Waals surface area (Å²) in [7, 11) is 1.57. The normalized spacial score (nSPS) is 9.94. The van der Waals surface area contributed by atoms with Gasteiger partial charge < -0.3 is 10.1 Å². The molecule has 0 aliphatic rings. The summed E-state index contributed by atoms with van der Waals surface area (Å²) < 4.78 is 4.81. The summed E-state index contributed by atoms with van der Waals surface area (Å²) in [5.74, 6) is -0.126. The van der Waals surface area contributed by atoms with Crippen molar-refractivity contribution in [2.75, 3.05) is 20.3 Å². The first-order valence-electron chi connectivity index (χ1n) is 5.58. The van der Waals surface area contributed by atoms with Gasteiger partial charge in [-0.1, -0.05) is 30.3 Å². The van der Waals surface area contributed by atoms with E-state index >= 15 is 0 Å². The number of ether oxygens (including phenoxy) is 1. The van der Waals surface area contributed by atoms with Crippen molar-refractivity contribution >= 4 is 11.7 Å². The van der Waals surface area contributed by atoms with Crippen LogP contribution < -0.4 is 5.32 Å². The van der Waals surface area contributed by atoms with E-state index in [4.69, 9.17) is 4.74 Å². The summed E-state index contributed by atoms with van der Waals surface area (Å²) in [6.45, 7) is 0.966. The van der Waals surface area contributed by atoms with Crippen LogP contribution in [0.3, 0.4) is 0 Å². The van der Waals surface area contributed by atoms with Gasteiger partial charge in [0.25, 0.3) is 0 Å². The molecule has 0 atom stereocenters. The molecule has 1 N–H and O–H groups in total. The lowest BCUT2D eigenvalue weighted by Gasteiger charge is -2.04. The average molecular weight is 235 g/mol. The molecular formula is C13H17NO3. The van der Waals surface area contributed by atoms with Crippen LogP contribution in [-0.2, 0) is 9.53 Å². The van der Waals surface area contributed by atoms with Crippen LogP contribution in [0, 0.1) is 0 Å². The zero-order chi connectivity index (χ0) is 12.5. The summed E-state index contributed by atoms with van der Waals surface area (Å²) in [6.07, 6.45) is 0.459. The number of Topliss-reactive ketones (excluding diaryl/α,β-unsaturated/α-hetero) is 1. The Morgan fingerprint density at radius 1 is 1.18 bits per heavy atom. The first-order chi connectivity index (χ1) is 8.24. The number of hydrogen-bond donors (Lipinski definition) is 1. The summed E-state index contributed by atoms with van der Waals surface area (Å²) >= 11 is 0. The molecule has 0 aliphatic carbocycles. The fraction of sp³-hybridized carbons (Fsp3) is 0.385. The SMILES string of the molecule is COCCNC(=O)CCC(=O)c1ccccc1. The van der Waals surface area contributed by atoms with E-state index in [9.17, 15) is 9.59 Å². The number of rotatable bonds is 7. The van der Waals surface area contributed by atoms with Gasteiger partial charge in [-0.15, -0.1) is 0 Å². The molecular weight excluding hydrogens is 218 g/mol. The minimum Gasteiger partial charge on any atom is -0.383 e. The van der Waals surface area contributed by atoms with Crippen molar-refractivity contribution < 1.29 is 14.3 Å². The molecule has 0 radical (unpaired) electrons. The Hall–Kier alpha value is -1.68. The summed E-state index contributed by atoms with van der Waals surface area (Å²) in [5.41, 5.74) is 0.650. The van der Waals surface area contributed by atoms with Gasteiger partial charge in [0.15, 0.2) is 5.78 Å². The summed E-state index contributed by atoms with van der Waals surface area (Å²) in [5, 5.41) is 2.67. The monoisotopic (exact) mass is 235 g/mol. The molecule has 0 aromatic heterocycles. The first kappa shape index (κ1) is 13.4. The van der Waals surface area contributed by atoms with Gasteiger partial charge in [0.2, 0.25) is 5.91 Å². The smallest absolute Gasteiger partial charge is 0.220 e. The fourth-order valence-electron chi connectivity index (χ4n) is 1.38. The minimum absolute atomic E-state index is 0.00695. The molecule has 1 rings (SSSR count). The van der Waals surface area contributed by atoms with Gasteiger partial charge in [0, 0.05) is 32.1 Å². The Morgan fingerprint density at radius 2 is 1.88 bits per heavy atom. The highest BCUT2D eigenvalue weighted by atomic mass is 16.5. The summed E-state index contributed by atoms with van der Waals surface area (Å²) in [4.78, 5) is 23.0. The molecule has 0 heterocycles. The molecule has 4 nitrogen and oxygen atoms in total. The van der Waals surface area contributed by atoms with Gasteiger partial charge in [-0.2, -0.15) is 0 Å². The Kier molecular flexibility index (Phi) is 5.96. The second kappa shape index (κ2) is 7.57. The van der Waals surface area contributed by atoms with Gasteiger partial charge in [-0.05, 0) is 0 Å². The Bertz CT molecular complexity index is 362. The van der Waals surface area contributed by atoms with E-state index in [1.54, 1.807) is 19.2 Å². The number of benzene rings is 1. The molecule has 0 spiro atoms. The maximum Gasteiger partial charge on any atom is 0.220 e. The molecule has 4 heteroatoms. The number of carbonyl (C=O) groups excluding carboxylic acids is 2. The average Bonchev–Trinajstić information content (AvgIpc) is 2.37. The zero-order valence-electron chi connectivity index (χ0n) is 9.94. The first-order valence-corrected chi connectivity index (χ1v) is 5.58. The van der Waals surface area contributed by atoms with Crippen LogP contribution in [0.2, 0.25) is 0 Å². The van der Waals surface area contributed by atoms with Gasteiger partial charge >= 0.3 is 0 Å². The molecule has 0 unspecified atom stereocenters. The van der Waals surface area contributed by atoms with Gasteiger partial charge in [0.1, 0.15) is 0 Å². The molecule has 1 aromatic carbocycles. The van der Waals surface area contributed by atoms with Gasteiger partial charge in [-0.25, -0.2) is 0 Å². The molecule has 0 saturated carbocycles. The van der Waals surface area contributed by atoms with Crippen molar-refractivity contribution in [2.45, 2.75) is 12.8 Å². The molecule has 0 aliphatic heterocycles. The molecule has 1 amide bonds. The topological polar surface area (TPSA) is 55.4 Å². The van der Waals surface area contributed by atoms with Gasteiger partial charge in [-0.3, -0.25) is 9.59 Å². The van der Waals surface area contributed by atoms with Crippen molar-refractivity contribution in [3.8, 4) is 0 Å². The zero-order valence-corrected chi connectivity index (χ0v) is 9.94. The van der Waals surface area contributed by atoms with Crippen molar-refractivity contribution in [3.05, 3.63) is 35.9 Å². The molecule has 17 heavy (non-hydrogen) atoms. The van der Waals surface area contributed by atoms with E-state index in [1.165, 1.54) is 0 Å². The highest BCUT2D eigenvalue weighted by Gasteiger charge is 2.08. The highest BCUT2D eigenvalue weighted by molar-refractivity contribution is 5.97. The van der Waals surface area contributed by atoms with E-state index in [2.05, 4.69) is 5.32 Å². The van der Waals surface area contributed by atoms with Crippen LogP contribution in [0.25, 0.3) is 0 Å². The maximum atomic E-state index is 11.7. The minimum atomic E-state index is -0.119. The molecule has 92 valence electrons. The van der Waals surface area contributed by atoms with Gasteiger partial charge in [0.05, 0.1) is 6.61 Å². The number of nitrogens with one attached hydrogen (secondary N) is 1. The number of hydrogen-bond acceptors (Lipinski definition) is 3. The molecule has 0 fully saturated rings. The predicted molar refractivity (Wildman–Crippen MR) is 64.9 cm³/mol. The highest BCUT2D eigenvalue weighted by Crippen LogP contribution is 2.04. The van der Waals surface area contributed by atoms with E-state index in [1.807, 2.05) is 18.2 Å². The third-order valence-electron chi connectivity index (χ3n) is 2.30. The van der Waals surface area contributed by atoms with Crippen LogP contribution in [0.4, 0.5) is 0 Å². The molecule has 0 saturated heterocycles. The number of carbonyl (C=O) groups is 2. The Balaban J connectivity index is 2.26. The van der Waals surface area contributed by atoms with Crippen molar-refractivity contribution in [1.29, 1.82) is 0 Å². The second-order valence-corrected chi connectivity index (χ2v) is 3.63. The quantitative estimate of drug-likeness (QED) is 0.574. The molecule has 1 aromatic rings. The second-order valence-electron chi connectivity index (χ2n) is 3.63. The fourth-order valence-corrected chi connectivity index (χ4v) is 1.38. The molecule has 0 bridgehead atoms. The predicted octanol–water partition coefficient (Wildman–Crippen LogP) is 1.41. The van der Waals surface area contributed by atoms with Crippen LogP contribution in [0.15, 0.2) is 30.3 Å². The lowest BCUT2D eigenvalue weighted by Crippen LogP contribution is -2.27. The number of amides is 1. The van der Waals surface area contributed by atoms with Crippen molar-refractivity contribution in [3.63, 3.8) is 0 Å². The largest absolute Gasteiger partial charge is 0.383 e. The summed E-state index contributed by atoms with van der Waals surface area (Å²) in [6, 6.07) is 8.99. The lowest BCUT2D eigenvalue weighted by molar-refractivity contribution is -0.121.